The molecule has 0 amide bonds. The highest BCUT2D eigenvalue weighted by Crippen LogP contribution is 2.26. The quantitative estimate of drug-likeness (QED) is 0.500. The molecule has 2 aromatic rings. The number of sulfonamides is 1. The van der Waals surface area contributed by atoms with Gasteiger partial charge in [0.1, 0.15) is 5.75 Å². The van der Waals surface area contributed by atoms with Gasteiger partial charge in [-0.25, -0.2) is 13.2 Å². The van der Waals surface area contributed by atoms with Crippen LogP contribution in [0.4, 0.5) is 11.4 Å². The summed E-state index contributed by atoms with van der Waals surface area (Å²) in [6, 6.07) is 9.04. The Morgan fingerprint density at radius 1 is 1.14 bits per heavy atom. The largest absolute Gasteiger partial charge is 0.506 e. The Morgan fingerprint density at radius 3 is 2.43 bits per heavy atom. The highest BCUT2D eigenvalue weighted by Gasteiger charge is 2.19. The number of anilines is 2. The van der Waals surface area contributed by atoms with Crippen molar-refractivity contribution in [3.63, 3.8) is 0 Å². The third-order valence-electron chi connectivity index (χ3n) is 2.71. The highest BCUT2D eigenvalue weighted by atomic mass is 32.2. The first-order chi connectivity index (χ1) is 9.81. The normalized spacial score (nSPS) is 11.0. The lowest BCUT2D eigenvalue weighted by molar-refractivity contribution is 0.0698. The van der Waals surface area contributed by atoms with Gasteiger partial charge >= 0.3 is 5.97 Å². The Hall–Kier alpha value is -2.74. The molecule has 8 heteroatoms. The van der Waals surface area contributed by atoms with Crippen LogP contribution in [0.25, 0.3) is 0 Å². The zero-order chi connectivity index (χ0) is 15.6. The van der Waals surface area contributed by atoms with Crippen LogP contribution in [0.15, 0.2) is 47.4 Å². The van der Waals surface area contributed by atoms with Crippen LogP contribution in [0.2, 0.25) is 0 Å². The van der Waals surface area contributed by atoms with E-state index in [9.17, 15) is 18.3 Å². The van der Waals surface area contributed by atoms with Gasteiger partial charge in [-0.3, -0.25) is 4.72 Å². The van der Waals surface area contributed by atoms with Crippen molar-refractivity contribution in [1.29, 1.82) is 0 Å². The Bertz CT molecular complexity index is 802. The molecule has 0 aliphatic heterocycles. The molecule has 0 atom stereocenters. The molecule has 0 saturated carbocycles. The number of aromatic carboxylic acids is 1. The van der Waals surface area contributed by atoms with E-state index in [1.807, 2.05) is 0 Å². The van der Waals surface area contributed by atoms with Crippen molar-refractivity contribution in [2.75, 3.05) is 10.5 Å². The second-order valence-corrected chi connectivity index (χ2v) is 5.86. The lowest BCUT2D eigenvalue weighted by atomic mass is 10.2. The molecular weight excluding hydrogens is 296 g/mol. The van der Waals surface area contributed by atoms with Crippen LogP contribution in [0.3, 0.4) is 0 Å². The highest BCUT2D eigenvalue weighted by molar-refractivity contribution is 7.92. The van der Waals surface area contributed by atoms with Crippen molar-refractivity contribution in [1.82, 2.24) is 0 Å². The average molecular weight is 308 g/mol. The molecule has 0 fully saturated rings. The van der Waals surface area contributed by atoms with Crippen molar-refractivity contribution in [2.45, 2.75) is 4.90 Å². The van der Waals surface area contributed by atoms with Crippen LogP contribution in [-0.2, 0) is 10.0 Å². The first-order valence-electron chi connectivity index (χ1n) is 5.75. The second-order valence-electron chi connectivity index (χ2n) is 4.18. The van der Waals surface area contributed by atoms with E-state index in [1.165, 1.54) is 36.4 Å². The van der Waals surface area contributed by atoms with Crippen LogP contribution in [0.5, 0.6) is 5.75 Å². The molecule has 2 aromatic carbocycles. The number of carbonyl (C=O) groups is 1. The fourth-order valence-corrected chi connectivity index (χ4v) is 2.75. The van der Waals surface area contributed by atoms with Crippen LogP contribution in [-0.4, -0.2) is 24.6 Å². The molecule has 7 nitrogen and oxygen atoms in total. The van der Waals surface area contributed by atoms with Crippen LogP contribution < -0.4 is 10.5 Å². The van der Waals surface area contributed by atoms with Crippen molar-refractivity contribution < 1.29 is 23.4 Å². The monoisotopic (exact) mass is 308 g/mol. The van der Waals surface area contributed by atoms with Gasteiger partial charge in [0.2, 0.25) is 0 Å². The number of benzene rings is 2. The molecule has 0 aliphatic rings. The lowest BCUT2D eigenvalue weighted by Crippen LogP contribution is -2.15. The topological polar surface area (TPSA) is 130 Å². The number of hydrogen-bond donors (Lipinski definition) is 4. The average Bonchev–Trinajstić information content (AvgIpc) is 2.41. The molecule has 0 aliphatic carbocycles. The van der Waals surface area contributed by atoms with E-state index in [0.717, 1.165) is 6.07 Å². The maximum atomic E-state index is 12.2. The minimum atomic E-state index is -4.04. The molecule has 0 spiro atoms. The predicted octanol–water partition coefficient (Wildman–Crippen LogP) is 1.47. The summed E-state index contributed by atoms with van der Waals surface area (Å²) in [6.45, 7) is 0. The third kappa shape index (κ3) is 3.06. The minimum Gasteiger partial charge on any atom is -0.506 e. The first kappa shape index (κ1) is 14.7. The van der Waals surface area contributed by atoms with Crippen molar-refractivity contribution in [3.05, 3.63) is 48.0 Å². The van der Waals surface area contributed by atoms with Gasteiger partial charge in [0.25, 0.3) is 10.0 Å². The van der Waals surface area contributed by atoms with Crippen LogP contribution in [0.1, 0.15) is 10.4 Å². The summed E-state index contributed by atoms with van der Waals surface area (Å²) >= 11 is 0. The molecule has 0 unspecified atom stereocenters. The number of phenols is 1. The van der Waals surface area contributed by atoms with Gasteiger partial charge in [-0.1, -0.05) is 12.1 Å². The second kappa shape index (κ2) is 5.33. The summed E-state index contributed by atoms with van der Waals surface area (Å²) in [6.07, 6.45) is 0. The Labute approximate surface area is 120 Å². The molecule has 5 N–H and O–H groups in total. The van der Waals surface area contributed by atoms with E-state index >= 15 is 0 Å². The number of rotatable bonds is 4. The van der Waals surface area contributed by atoms with E-state index in [2.05, 4.69) is 4.72 Å². The maximum Gasteiger partial charge on any atom is 0.337 e. The fraction of sp³-hybridized carbons (Fsp3) is 0. The Kier molecular flexibility index (Phi) is 3.72. The predicted molar refractivity (Wildman–Crippen MR) is 76.7 cm³/mol. The number of para-hydroxylation sites is 1. The summed E-state index contributed by atoms with van der Waals surface area (Å²) in [5, 5.41) is 18.5. The van der Waals surface area contributed by atoms with Gasteiger partial charge in [0.15, 0.2) is 0 Å². The molecule has 0 radical (unpaired) electrons. The number of nitrogen functional groups attached to an aromatic ring is 1. The number of phenolic OH excluding ortho intramolecular Hbond substituents is 1. The molecule has 2 rings (SSSR count). The summed E-state index contributed by atoms with van der Waals surface area (Å²) < 4.78 is 26.5. The van der Waals surface area contributed by atoms with Crippen LogP contribution >= 0.6 is 0 Å². The number of aromatic hydroxyl groups is 1. The Balaban J connectivity index is 2.42. The van der Waals surface area contributed by atoms with Gasteiger partial charge in [-0.15, -0.1) is 0 Å². The zero-order valence-corrected chi connectivity index (χ0v) is 11.5. The van der Waals surface area contributed by atoms with Gasteiger partial charge in [-0.05, 0) is 24.3 Å². The molecule has 0 heterocycles. The van der Waals surface area contributed by atoms with Gasteiger partial charge in [0.05, 0.1) is 21.8 Å². The van der Waals surface area contributed by atoms with E-state index in [1.54, 1.807) is 0 Å². The van der Waals surface area contributed by atoms with E-state index in [4.69, 9.17) is 10.8 Å². The smallest absolute Gasteiger partial charge is 0.337 e. The van der Waals surface area contributed by atoms with Gasteiger partial charge in [0, 0.05) is 6.07 Å². The molecular formula is C13H12N2O5S. The van der Waals surface area contributed by atoms with Crippen molar-refractivity contribution in [2.24, 2.45) is 0 Å². The van der Waals surface area contributed by atoms with E-state index in [0.29, 0.717) is 0 Å². The van der Waals surface area contributed by atoms with Gasteiger partial charge < -0.3 is 15.9 Å². The molecule has 110 valence electrons. The maximum absolute atomic E-state index is 12.2. The van der Waals surface area contributed by atoms with E-state index in [-0.39, 0.29) is 27.6 Å². The lowest BCUT2D eigenvalue weighted by Gasteiger charge is -2.11. The SMILES string of the molecule is Nc1ccc(S(=O)(=O)Nc2ccccc2C(=O)O)cc1O. The van der Waals surface area contributed by atoms with Crippen LogP contribution in [0, 0.1) is 0 Å². The van der Waals surface area contributed by atoms with E-state index < -0.39 is 16.0 Å². The number of hydrogen-bond acceptors (Lipinski definition) is 5. The minimum absolute atomic E-state index is 0.0416. The molecule has 0 aromatic heterocycles. The summed E-state index contributed by atoms with van der Waals surface area (Å²) in [5.74, 6) is -1.63. The summed E-state index contributed by atoms with van der Waals surface area (Å²) in [7, 11) is -4.04. The number of carboxylic acid groups (broad SMARTS) is 1. The zero-order valence-electron chi connectivity index (χ0n) is 10.6. The molecule has 0 saturated heterocycles. The standard InChI is InChI=1S/C13H12N2O5S/c14-10-6-5-8(7-12(10)16)21(19,20)15-11-4-2-1-3-9(11)13(17)18/h1-7,15-16H,14H2,(H,17,18). The number of nitrogens with one attached hydrogen (secondary N) is 1. The molecule has 21 heavy (non-hydrogen) atoms. The fourth-order valence-electron chi connectivity index (χ4n) is 1.65. The summed E-state index contributed by atoms with van der Waals surface area (Å²) in [4.78, 5) is 10.8. The number of carboxylic acids is 1. The first-order valence-corrected chi connectivity index (χ1v) is 7.23. The molecule has 0 bridgehead atoms. The third-order valence-corrected chi connectivity index (χ3v) is 4.08. The van der Waals surface area contributed by atoms with Crippen molar-refractivity contribution in [3.8, 4) is 5.75 Å². The summed E-state index contributed by atoms with van der Waals surface area (Å²) in [5.41, 5.74) is 5.20. The van der Waals surface area contributed by atoms with Gasteiger partial charge in [-0.2, -0.15) is 0 Å². The number of nitrogens with two attached hydrogens (primary N) is 1. The van der Waals surface area contributed by atoms with Crippen molar-refractivity contribution >= 4 is 27.4 Å². The Morgan fingerprint density at radius 2 is 1.81 bits per heavy atom.